The summed E-state index contributed by atoms with van der Waals surface area (Å²) >= 11 is 6.63. The Morgan fingerprint density at radius 2 is 1.96 bits per heavy atom. The smallest absolute Gasteiger partial charge is 0.240 e. The molecule has 1 amide bonds. The lowest BCUT2D eigenvalue weighted by atomic mass is 10.2. The summed E-state index contributed by atoms with van der Waals surface area (Å²) in [6.45, 7) is 1.90. The molecule has 9 heteroatoms. The van der Waals surface area contributed by atoms with E-state index in [1.165, 1.54) is 0 Å². The first-order valence-electron chi connectivity index (χ1n) is 7.19. The highest BCUT2D eigenvalue weighted by Crippen LogP contribution is 2.26. The molecule has 3 aromatic rings. The lowest BCUT2D eigenvalue weighted by Crippen LogP contribution is -2.23. The fourth-order valence-corrected chi connectivity index (χ4v) is 4.47. The van der Waals surface area contributed by atoms with Crippen molar-refractivity contribution in [3.63, 3.8) is 0 Å². The summed E-state index contributed by atoms with van der Waals surface area (Å²) in [6, 6.07) is 10.6. The number of aromatic nitrogens is 2. The quantitative estimate of drug-likeness (QED) is 0.586. The second-order valence-corrected chi connectivity index (χ2v) is 9.17. The van der Waals surface area contributed by atoms with Gasteiger partial charge in [0.25, 0.3) is 0 Å². The van der Waals surface area contributed by atoms with Gasteiger partial charge in [-0.25, -0.2) is 13.4 Å². The number of halogens is 2. The number of rotatable bonds is 4. The van der Waals surface area contributed by atoms with Crippen LogP contribution in [0.25, 0.3) is 11.0 Å². The third-order valence-corrected chi connectivity index (χ3v) is 6.01. The van der Waals surface area contributed by atoms with Gasteiger partial charge in [0.15, 0.2) is 0 Å². The van der Waals surface area contributed by atoms with E-state index in [1.807, 2.05) is 13.0 Å². The molecule has 3 rings (SSSR count). The van der Waals surface area contributed by atoms with E-state index < -0.39 is 21.5 Å². The van der Waals surface area contributed by atoms with E-state index in [1.54, 1.807) is 30.3 Å². The Morgan fingerprint density at radius 1 is 1.20 bits per heavy atom. The second kappa shape index (κ2) is 6.89. The van der Waals surface area contributed by atoms with Crippen molar-refractivity contribution in [3.8, 4) is 0 Å². The molecule has 2 aromatic carbocycles. The first kappa shape index (κ1) is 18.1. The number of hydrogen-bond acceptors (Lipinski definition) is 4. The van der Waals surface area contributed by atoms with Crippen LogP contribution in [0, 0.1) is 6.92 Å². The molecule has 0 aliphatic heterocycles. The number of amides is 1. The van der Waals surface area contributed by atoms with Crippen LogP contribution in [0.1, 0.15) is 5.56 Å². The molecule has 0 bridgehead atoms. The van der Waals surface area contributed by atoms with Gasteiger partial charge in [-0.3, -0.25) is 4.79 Å². The molecule has 0 atom stereocenters. The largest absolute Gasteiger partial charge is 0.329 e. The Labute approximate surface area is 161 Å². The summed E-state index contributed by atoms with van der Waals surface area (Å²) < 4.78 is 26.4. The van der Waals surface area contributed by atoms with Crippen molar-refractivity contribution >= 4 is 64.3 Å². The second-order valence-electron chi connectivity index (χ2n) is 5.49. The molecule has 0 radical (unpaired) electrons. The van der Waals surface area contributed by atoms with Crippen LogP contribution < -0.4 is 5.32 Å². The maximum atomic E-state index is 12.5. The van der Waals surface area contributed by atoms with Crippen LogP contribution in [0.3, 0.4) is 0 Å². The molecule has 1 aromatic heterocycles. The number of aromatic amines is 1. The minimum Gasteiger partial charge on any atom is -0.329 e. The van der Waals surface area contributed by atoms with Crippen molar-refractivity contribution in [2.45, 2.75) is 12.1 Å². The van der Waals surface area contributed by atoms with Gasteiger partial charge in [0, 0.05) is 8.95 Å². The van der Waals surface area contributed by atoms with Crippen LogP contribution in [0.5, 0.6) is 0 Å². The van der Waals surface area contributed by atoms with Gasteiger partial charge in [-0.1, -0.05) is 22.0 Å². The van der Waals surface area contributed by atoms with E-state index in [2.05, 4.69) is 47.1 Å². The summed E-state index contributed by atoms with van der Waals surface area (Å²) in [6.07, 6.45) is 0. The van der Waals surface area contributed by atoms with Crippen molar-refractivity contribution in [1.29, 1.82) is 0 Å². The number of fused-ring (bicyclic) bond motifs is 1. The standard InChI is InChI=1S/C16H13Br2N3O3S/c1-9-2-4-13-14(6-9)21-16(20-13)25(23,24)8-15(22)19-12-5-3-10(17)7-11(12)18/h2-7H,8H2,1H3,(H,19,22)(H,20,21). The molecule has 2 N–H and O–H groups in total. The fraction of sp³-hybridized carbons (Fsp3) is 0.125. The zero-order valence-electron chi connectivity index (χ0n) is 13.0. The molecule has 0 aliphatic rings. The number of carbonyl (C=O) groups is 1. The minimum atomic E-state index is -3.88. The summed E-state index contributed by atoms with van der Waals surface area (Å²) in [5.74, 6) is -1.34. The van der Waals surface area contributed by atoms with Crippen LogP contribution in [-0.4, -0.2) is 30.0 Å². The predicted molar refractivity (Wildman–Crippen MR) is 103 cm³/mol. The first-order chi connectivity index (χ1) is 11.7. The van der Waals surface area contributed by atoms with E-state index in [0.29, 0.717) is 21.2 Å². The number of anilines is 1. The number of benzene rings is 2. The number of nitrogens with one attached hydrogen (secondary N) is 2. The number of H-pyrrole nitrogens is 1. The van der Waals surface area contributed by atoms with E-state index >= 15 is 0 Å². The summed E-state index contributed by atoms with van der Waals surface area (Å²) in [5, 5.41) is 2.37. The molecule has 0 saturated heterocycles. The zero-order chi connectivity index (χ0) is 18.2. The lowest BCUT2D eigenvalue weighted by Gasteiger charge is -2.07. The summed E-state index contributed by atoms with van der Waals surface area (Å²) in [5.41, 5.74) is 2.64. The van der Waals surface area contributed by atoms with Crippen molar-refractivity contribution < 1.29 is 13.2 Å². The molecular weight excluding hydrogens is 474 g/mol. The van der Waals surface area contributed by atoms with Gasteiger partial charge in [0.1, 0.15) is 5.75 Å². The van der Waals surface area contributed by atoms with Crippen LogP contribution in [0.2, 0.25) is 0 Å². The highest BCUT2D eigenvalue weighted by molar-refractivity contribution is 9.11. The number of imidazole rings is 1. The fourth-order valence-electron chi connectivity index (χ4n) is 2.27. The average molecular weight is 487 g/mol. The highest BCUT2D eigenvalue weighted by Gasteiger charge is 2.23. The van der Waals surface area contributed by atoms with E-state index in [4.69, 9.17) is 0 Å². The number of aryl methyl sites for hydroxylation is 1. The van der Waals surface area contributed by atoms with Crippen molar-refractivity contribution in [1.82, 2.24) is 9.97 Å². The van der Waals surface area contributed by atoms with Gasteiger partial charge in [0.2, 0.25) is 20.9 Å². The molecule has 25 heavy (non-hydrogen) atoms. The number of carbonyl (C=O) groups excluding carboxylic acids is 1. The topological polar surface area (TPSA) is 91.9 Å². The van der Waals surface area contributed by atoms with Crippen molar-refractivity contribution in [3.05, 3.63) is 50.9 Å². The lowest BCUT2D eigenvalue weighted by molar-refractivity contribution is -0.113. The normalized spacial score (nSPS) is 11.6. The molecule has 0 spiro atoms. The molecule has 0 aliphatic carbocycles. The average Bonchev–Trinajstić information content (AvgIpc) is 2.93. The molecule has 1 heterocycles. The maximum absolute atomic E-state index is 12.5. The molecule has 0 fully saturated rings. The minimum absolute atomic E-state index is 0.210. The van der Waals surface area contributed by atoms with Crippen LogP contribution in [0.15, 0.2) is 50.5 Å². The number of sulfone groups is 1. The van der Waals surface area contributed by atoms with Crippen LogP contribution >= 0.6 is 31.9 Å². The van der Waals surface area contributed by atoms with Gasteiger partial charge >= 0.3 is 0 Å². The first-order valence-corrected chi connectivity index (χ1v) is 10.4. The van der Waals surface area contributed by atoms with E-state index in [-0.39, 0.29) is 5.16 Å². The van der Waals surface area contributed by atoms with Gasteiger partial charge in [-0.2, -0.15) is 0 Å². The molecule has 6 nitrogen and oxygen atoms in total. The van der Waals surface area contributed by atoms with Crippen LogP contribution in [-0.2, 0) is 14.6 Å². The third-order valence-electron chi connectivity index (χ3n) is 3.44. The van der Waals surface area contributed by atoms with Crippen LogP contribution in [0.4, 0.5) is 5.69 Å². The number of hydrogen-bond donors (Lipinski definition) is 2. The van der Waals surface area contributed by atoms with Crippen molar-refractivity contribution in [2.75, 3.05) is 11.1 Å². The Hall–Kier alpha value is -1.71. The number of nitrogens with zero attached hydrogens (tertiary/aromatic N) is 1. The van der Waals surface area contributed by atoms with Gasteiger partial charge < -0.3 is 10.3 Å². The Kier molecular flexibility index (Phi) is 4.99. The van der Waals surface area contributed by atoms with Crippen molar-refractivity contribution in [2.24, 2.45) is 0 Å². The monoisotopic (exact) mass is 485 g/mol. The van der Waals surface area contributed by atoms with Gasteiger partial charge in [-0.15, -0.1) is 0 Å². The predicted octanol–water partition coefficient (Wildman–Crippen LogP) is 3.81. The molecule has 0 unspecified atom stereocenters. The summed E-state index contributed by atoms with van der Waals surface area (Å²) in [4.78, 5) is 19.0. The Balaban J connectivity index is 1.81. The SMILES string of the molecule is Cc1ccc2nc(S(=O)(=O)CC(=O)Nc3ccc(Br)cc3Br)[nH]c2c1. The molecule has 130 valence electrons. The van der Waals surface area contributed by atoms with E-state index in [0.717, 1.165) is 10.0 Å². The van der Waals surface area contributed by atoms with Gasteiger partial charge in [-0.05, 0) is 58.7 Å². The Bertz CT molecular complexity index is 1080. The third kappa shape index (κ3) is 4.10. The molecule has 0 saturated carbocycles. The van der Waals surface area contributed by atoms with Gasteiger partial charge in [0.05, 0.1) is 16.7 Å². The summed E-state index contributed by atoms with van der Waals surface area (Å²) in [7, 11) is -3.88. The van der Waals surface area contributed by atoms with E-state index in [9.17, 15) is 13.2 Å². The molecular formula is C16H13Br2N3O3S. The highest BCUT2D eigenvalue weighted by atomic mass is 79.9. The zero-order valence-corrected chi connectivity index (χ0v) is 17.0. The Morgan fingerprint density at radius 3 is 2.68 bits per heavy atom. The maximum Gasteiger partial charge on any atom is 0.240 e.